The van der Waals surface area contributed by atoms with Gasteiger partial charge in [-0.25, -0.2) is 0 Å². The molecule has 0 saturated heterocycles. The van der Waals surface area contributed by atoms with Crippen molar-refractivity contribution in [1.82, 2.24) is 0 Å². The molecule has 0 fully saturated rings. The van der Waals surface area contributed by atoms with Gasteiger partial charge < -0.3 is 14.9 Å². The average Bonchev–Trinajstić information content (AvgIpc) is 2.99. The molecule has 0 unspecified atom stereocenters. The van der Waals surface area contributed by atoms with Crippen LogP contribution in [0, 0.1) is 18.3 Å². The van der Waals surface area contributed by atoms with E-state index in [0.29, 0.717) is 17.1 Å². The van der Waals surface area contributed by atoms with Crippen LogP contribution in [0.25, 0.3) is 10.8 Å². The first-order valence-corrected chi connectivity index (χ1v) is 7.34. The summed E-state index contributed by atoms with van der Waals surface area (Å²) in [6.45, 7) is 1.88. The van der Waals surface area contributed by atoms with E-state index in [1.165, 1.54) is 0 Å². The van der Waals surface area contributed by atoms with Crippen molar-refractivity contribution >= 4 is 10.8 Å². The smallest absolute Gasteiger partial charge is 0.205 e. The highest BCUT2D eigenvalue weighted by atomic mass is 16.5. The van der Waals surface area contributed by atoms with E-state index in [0.717, 1.165) is 22.1 Å². The average molecular weight is 302 g/mol. The lowest BCUT2D eigenvalue weighted by Crippen LogP contribution is -2.21. The molecule has 112 valence electrons. The predicted molar refractivity (Wildman–Crippen MR) is 86.7 cm³/mol. The summed E-state index contributed by atoms with van der Waals surface area (Å²) < 4.78 is 11.6. The first kappa shape index (κ1) is 13.5. The summed E-state index contributed by atoms with van der Waals surface area (Å²) in [5.74, 6) is 1.97. The van der Waals surface area contributed by atoms with Crippen molar-refractivity contribution in [2.45, 2.75) is 12.8 Å². The first-order chi connectivity index (χ1) is 11.2. The zero-order chi connectivity index (χ0) is 16.0. The van der Waals surface area contributed by atoms with Gasteiger partial charge in [-0.05, 0) is 24.4 Å². The van der Waals surface area contributed by atoms with E-state index >= 15 is 0 Å². The second kappa shape index (κ2) is 4.92. The minimum atomic E-state index is -0.345. The van der Waals surface area contributed by atoms with E-state index in [1.807, 2.05) is 55.5 Å². The molecule has 2 N–H and O–H groups in total. The maximum absolute atomic E-state index is 9.53. The summed E-state index contributed by atoms with van der Waals surface area (Å²) in [5.41, 5.74) is 7.29. The third kappa shape index (κ3) is 1.98. The molecule has 0 aliphatic carbocycles. The number of furan rings is 1. The third-order valence-corrected chi connectivity index (χ3v) is 4.15. The maximum atomic E-state index is 9.53. The number of hydrogen-bond donors (Lipinski definition) is 1. The number of ether oxygens (including phenoxy) is 1. The molecule has 4 rings (SSSR count). The van der Waals surface area contributed by atoms with Gasteiger partial charge in [0.05, 0.1) is 5.92 Å². The van der Waals surface area contributed by atoms with Crippen LogP contribution in [0.2, 0.25) is 0 Å². The predicted octanol–water partition coefficient (Wildman–Crippen LogP) is 3.96. The summed E-state index contributed by atoms with van der Waals surface area (Å²) in [5, 5.41) is 11.6. The Balaban J connectivity index is 2.02. The summed E-state index contributed by atoms with van der Waals surface area (Å²) >= 11 is 0. The van der Waals surface area contributed by atoms with Crippen molar-refractivity contribution in [3.63, 3.8) is 0 Å². The highest BCUT2D eigenvalue weighted by Crippen LogP contribution is 2.45. The van der Waals surface area contributed by atoms with Gasteiger partial charge in [0.15, 0.2) is 0 Å². The van der Waals surface area contributed by atoms with Crippen molar-refractivity contribution in [3.8, 4) is 11.8 Å². The number of nitrogens with zero attached hydrogens (tertiary/aromatic N) is 1. The van der Waals surface area contributed by atoms with Gasteiger partial charge in [-0.15, -0.1) is 0 Å². The normalized spacial score (nSPS) is 16.8. The number of benzene rings is 2. The van der Waals surface area contributed by atoms with Crippen LogP contribution in [0.1, 0.15) is 23.0 Å². The number of hydrogen-bond acceptors (Lipinski definition) is 4. The Kier molecular flexibility index (Phi) is 2.88. The first-order valence-electron chi connectivity index (χ1n) is 7.34. The van der Waals surface area contributed by atoms with Crippen molar-refractivity contribution < 1.29 is 9.15 Å². The Morgan fingerprint density at radius 1 is 1.09 bits per heavy atom. The number of nitrogens with two attached hydrogens (primary N) is 1. The highest BCUT2D eigenvalue weighted by Gasteiger charge is 2.33. The highest BCUT2D eigenvalue weighted by molar-refractivity contribution is 5.90. The Morgan fingerprint density at radius 2 is 1.91 bits per heavy atom. The van der Waals surface area contributed by atoms with Gasteiger partial charge in [-0.1, -0.05) is 36.4 Å². The van der Waals surface area contributed by atoms with Crippen molar-refractivity contribution in [2.24, 2.45) is 5.73 Å². The number of aryl methyl sites for hydroxylation is 1. The molecule has 2 aromatic carbocycles. The van der Waals surface area contributed by atoms with Crippen LogP contribution in [0.5, 0.6) is 5.75 Å². The number of rotatable bonds is 1. The molecule has 1 aliphatic rings. The van der Waals surface area contributed by atoms with E-state index in [9.17, 15) is 5.26 Å². The van der Waals surface area contributed by atoms with Crippen LogP contribution >= 0.6 is 0 Å². The van der Waals surface area contributed by atoms with E-state index in [-0.39, 0.29) is 11.8 Å². The van der Waals surface area contributed by atoms with Crippen LogP contribution in [-0.2, 0) is 0 Å². The summed E-state index contributed by atoms with van der Waals surface area (Å²) in [4.78, 5) is 0. The molecular weight excluding hydrogens is 288 g/mol. The second-order valence-electron chi connectivity index (χ2n) is 5.58. The van der Waals surface area contributed by atoms with Gasteiger partial charge in [0.1, 0.15) is 28.9 Å². The zero-order valence-corrected chi connectivity index (χ0v) is 12.5. The third-order valence-electron chi connectivity index (χ3n) is 4.15. The Labute approximate surface area is 133 Å². The quantitative estimate of drug-likeness (QED) is 0.738. The fourth-order valence-electron chi connectivity index (χ4n) is 3.09. The molecule has 2 heterocycles. The van der Waals surface area contributed by atoms with Crippen LogP contribution in [-0.4, -0.2) is 0 Å². The Bertz CT molecular complexity index is 992. The summed E-state index contributed by atoms with van der Waals surface area (Å²) in [6.07, 6.45) is 0. The van der Waals surface area contributed by atoms with Crippen LogP contribution in [0.15, 0.2) is 64.4 Å². The van der Waals surface area contributed by atoms with Crippen molar-refractivity contribution in [2.75, 3.05) is 0 Å². The number of nitriles is 1. The molecule has 3 aromatic rings. The minimum Gasteiger partial charge on any atom is -0.465 e. The van der Waals surface area contributed by atoms with Gasteiger partial charge in [-0.3, -0.25) is 0 Å². The fourth-order valence-corrected chi connectivity index (χ4v) is 3.09. The molecule has 1 atom stereocenters. The van der Waals surface area contributed by atoms with Gasteiger partial charge in [-0.2, -0.15) is 5.26 Å². The molecule has 1 aromatic heterocycles. The lowest BCUT2D eigenvalue weighted by atomic mass is 9.86. The van der Waals surface area contributed by atoms with E-state index in [4.69, 9.17) is 14.9 Å². The Hall–Kier alpha value is -3.19. The van der Waals surface area contributed by atoms with Crippen molar-refractivity contribution in [1.29, 1.82) is 5.26 Å². The zero-order valence-electron chi connectivity index (χ0n) is 12.5. The monoisotopic (exact) mass is 302 g/mol. The van der Waals surface area contributed by atoms with Gasteiger partial charge in [0, 0.05) is 10.9 Å². The number of fused-ring (bicyclic) bond motifs is 3. The van der Waals surface area contributed by atoms with Crippen LogP contribution in [0.3, 0.4) is 0 Å². The molecule has 4 nitrogen and oxygen atoms in total. The molecular formula is C19H14N2O2. The van der Waals surface area contributed by atoms with E-state index < -0.39 is 0 Å². The number of allylic oxidation sites excluding steroid dienone is 1. The van der Waals surface area contributed by atoms with Crippen LogP contribution in [0.4, 0.5) is 0 Å². The topological polar surface area (TPSA) is 72.2 Å². The molecule has 0 amide bonds. The molecule has 0 spiro atoms. The lowest BCUT2D eigenvalue weighted by molar-refractivity contribution is 0.386. The van der Waals surface area contributed by atoms with Crippen LogP contribution < -0.4 is 10.5 Å². The van der Waals surface area contributed by atoms with Gasteiger partial charge in [0.25, 0.3) is 0 Å². The standard InChI is InChI=1S/C19H14N2O2/c1-11-6-9-16(22-11)17-14-8-7-12-4-2-3-5-13(12)18(14)23-19(21)15(17)10-20/h2-9,17H,21H2,1H3/t17-/m0/s1. The maximum Gasteiger partial charge on any atom is 0.205 e. The van der Waals surface area contributed by atoms with Crippen molar-refractivity contribution in [3.05, 3.63) is 77.1 Å². The summed E-state index contributed by atoms with van der Waals surface area (Å²) in [6, 6.07) is 17.9. The summed E-state index contributed by atoms with van der Waals surface area (Å²) in [7, 11) is 0. The van der Waals surface area contributed by atoms with E-state index in [2.05, 4.69) is 6.07 Å². The second-order valence-corrected chi connectivity index (χ2v) is 5.58. The molecule has 4 heteroatoms. The minimum absolute atomic E-state index is 0.135. The fraction of sp³-hybridized carbons (Fsp3) is 0.105. The molecule has 0 saturated carbocycles. The Morgan fingerprint density at radius 3 is 2.65 bits per heavy atom. The van der Waals surface area contributed by atoms with Gasteiger partial charge in [0.2, 0.25) is 5.88 Å². The molecule has 0 bridgehead atoms. The lowest BCUT2D eigenvalue weighted by Gasteiger charge is -2.25. The molecule has 1 aliphatic heterocycles. The SMILES string of the molecule is Cc1ccc([C@@H]2C(C#N)=C(N)Oc3c2ccc2ccccc32)o1. The largest absolute Gasteiger partial charge is 0.465 e. The van der Waals surface area contributed by atoms with Gasteiger partial charge >= 0.3 is 0 Å². The van der Waals surface area contributed by atoms with E-state index in [1.54, 1.807) is 0 Å². The molecule has 23 heavy (non-hydrogen) atoms. The molecule has 0 radical (unpaired) electrons.